The molecule has 1 heterocycles. The minimum atomic E-state index is -0.866. The molecule has 0 saturated carbocycles. The number of aryl methyl sites for hydroxylation is 1. The number of amides is 5. The van der Waals surface area contributed by atoms with E-state index in [0.717, 1.165) is 10.5 Å². The van der Waals surface area contributed by atoms with E-state index in [-0.39, 0.29) is 17.9 Å². The number of imide groups is 2. The van der Waals surface area contributed by atoms with Gasteiger partial charge in [0.1, 0.15) is 11.3 Å². The van der Waals surface area contributed by atoms with E-state index in [2.05, 4.69) is 10.6 Å². The first-order valence-electron chi connectivity index (χ1n) is 10.8. The van der Waals surface area contributed by atoms with Crippen molar-refractivity contribution in [3.8, 4) is 5.75 Å². The van der Waals surface area contributed by atoms with Gasteiger partial charge in [-0.3, -0.25) is 19.7 Å². The summed E-state index contributed by atoms with van der Waals surface area (Å²) in [5.41, 5.74) is 1.75. The molecule has 2 N–H and O–H groups in total. The van der Waals surface area contributed by atoms with Crippen molar-refractivity contribution in [3.05, 3.63) is 92.4 Å². The molecule has 1 fully saturated rings. The predicted molar refractivity (Wildman–Crippen MR) is 142 cm³/mol. The number of anilines is 2. The Bertz CT molecular complexity index is 1450. The van der Waals surface area contributed by atoms with Crippen molar-refractivity contribution in [1.29, 1.82) is 0 Å². The summed E-state index contributed by atoms with van der Waals surface area (Å²) in [5, 5.41) is 5.87. The number of hydrogen-bond acceptors (Lipinski definition) is 5. The summed E-state index contributed by atoms with van der Waals surface area (Å²) in [7, 11) is 0. The van der Waals surface area contributed by atoms with Gasteiger partial charge in [-0.2, -0.15) is 0 Å². The Hall–Kier alpha value is -3.85. The quantitative estimate of drug-likeness (QED) is 0.301. The average Bonchev–Trinajstić information content (AvgIpc) is 2.85. The van der Waals surface area contributed by atoms with Gasteiger partial charge in [0, 0.05) is 10.7 Å². The van der Waals surface area contributed by atoms with E-state index in [0.29, 0.717) is 32.1 Å². The maximum atomic E-state index is 13.0. The van der Waals surface area contributed by atoms with Crippen LogP contribution in [-0.2, 0) is 14.4 Å². The van der Waals surface area contributed by atoms with Crippen LogP contribution in [0, 0.1) is 6.92 Å². The molecule has 188 valence electrons. The molecule has 0 aromatic heterocycles. The van der Waals surface area contributed by atoms with Gasteiger partial charge in [0.05, 0.1) is 15.7 Å². The average molecular weight is 559 g/mol. The van der Waals surface area contributed by atoms with Crippen LogP contribution in [-0.4, -0.2) is 30.4 Å². The molecule has 0 bridgehead atoms. The number of rotatable bonds is 6. The summed E-state index contributed by atoms with van der Waals surface area (Å²) in [6.45, 7) is 1.52. The van der Waals surface area contributed by atoms with E-state index in [1.54, 1.807) is 55.5 Å². The lowest BCUT2D eigenvalue weighted by Gasteiger charge is -2.26. The zero-order valence-corrected chi connectivity index (χ0v) is 21.4. The molecule has 0 radical (unpaired) electrons. The van der Waals surface area contributed by atoms with Crippen LogP contribution >= 0.6 is 34.8 Å². The minimum absolute atomic E-state index is 0.231. The van der Waals surface area contributed by atoms with E-state index >= 15 is 0 Å². The van der Waals surface area contributed by atoms with Crippen LogP contribution in [0.1, 0.15) is 11.1 Å². The van der Waals surface area contributed by atoms with Crippen molar-refractivity contribution >= 4 is 76.0 Å². The number of urea groups is 1. The molecule has 4 rings (SSSR count). The van der Waals surface area contributed by atoms with Gasteiger partial charge in [0.15, 0.2) is 6.61 Å². The summed E-state index contributed by atoms with van der Waals surface area (Å²) in [5.74, 6) is -1.62. The van der Waals surface area contributed by atoms with Gasteiger partial charge in [-0.15, -0.1) is 0 Å². The van der Waals surface area contributed by atoms with Gasteiger partial charge in [-0.1, -0.05) is 53.0 Å². The minimum Gasteiger partial charge on any atom is -0.484 e. The van der Waals surface area contributed by atoms with Crippen LogP contribution < -0.4 is 20.3 Å². The van der Waals surface area contributed by atoms with Crippen molar-refractivity contribution in [3.63, 3.8) is 0 Å². The Morgan fingerprint density at radius 1 is 0.946 bits per heavy atom. The second-order valence-corrected chi connectivity index (χ2v) is 9.15. The highest BCUT2D eigenvalue weighted by molar-refractivity contribution is 6.42. The molecule has 3 aromatic rings. The van der Waals surface area contributed by atoms with Crippen LogP contribution in [0.25, 0.3) is 6.08 Å². The fraction of sp³-hybridized carbons (Fsp3) is 0.0769. The number of nitrogens with zero attached hydrogens (tertiary/aromatic N) is 1. The fourth-order valence-corrected chi connectivity index (χ4v) is 3.83. The van der Waals surface area contributed by atoms with Gasteiger partial charge >= 0.3 is 6.03 Å². The van der Waals surface area contributed by atoms with Crippen LogP contribution in [0.3, 0.4) is 0 Å². The van der Waals surface area contributed by atoms with Crippen molar-refractivity contribution in [2.24, 2.45) is 0 Å². The molecule has 5 amide bonds. The Morgan fingerprint density at radius 2 is 1.68 bits per heavy atom. The Balaban J connectivity index is 1.43. The van der Waals surface area contributed by atoms with Crippen LogP contribution in [0.15, 0.2) is 66.2 Å². The lowest BCUT2D eigenvalue weighted by Crippen LogP contribution is -2.54. The lowest BCUT2D eigenvalue weighted by molar-refractivity contribution is -0.122. The molecule has 8 nitrogen and oxygen atoms in total. The first-order chi connectivity index (χ1) is 17.6. The topological polar surface area (TPSA) is 105 Å². The second kappa shape index (κ2) is 11.0. The molecule has 0 atom stereocenters. The number of halogens is 3. The fourth-order valence-electron chi connectivity index (χ4n) is 3.36. The summed E-state index contributed by atoms with van der Waals surface area (Å²) in [6.07, 6.45) is 1.35. The maximum absolute atomic E-state index is 13.0. The molecule has 1 saturated heterocycles. The van der Waals surface area contributed by atoms with E-state index in [1.165, 1.54) is 18.2 Å². The third-order valence-corrected chi connectivity index (χ3v) is 6.43. The van der Waals surface area contributed by atoms with Gasteiger partial charge < -0.3 is 10.1 Å². The summed E-state index contributed by atoms with van der Waals surface area (Å²) in [4.78, 5) is 50.8. The molecule has 0 aliphatic carbocycles. The van der Waals surface area contributed by atoms with Gasteiger partial charge in [-0.25, -0.2) is 9.69 Å². The zero-order chi connectivity index (χ0) is 26.7. The number of hydrogen-bond donors (Lipinski definition) is 2. The van der Waals surface area contributed by atoms with Crippen LogP contribution in [0.5, 0.6) is 5.75 Å². The number of carbonyl (C=O) groups is 4. The van der Waals surface area contributed by atoms with E-state index in [1.807, 2.05) is 0 Å². The molecule has 11 heteroatoms. The molecule has 0 spiro atoms. The van der Waals surface area contributed by atoms with E-state index in [9.17, 15) is 19.2 Å². The van der Waals surface area contributed by atoms with E-state index in [4.69, 9.17) is 39.5 Å². The first-order valence-corrected chi connectivity index (χ1v) is 11.9. The second-order valence-electron chi connectivity index (χ2n) is 7.93. The van der Waals surface area contributed by atoms with Crippen molar-refractivity contribution in [1.82, 2.24) is 5.32 Å². The molecule has 37 heavy (non-hydrogen) atoms. The van der Waals surface area contributed by atoms with Crippen LogP contribution in [0.4, 0.5) is 16.2 Å². The summed E-state index contributed by atoms with van der Waals surface area (Å²) < 4.78 is 5.49. The van der Waals surface area contributed by atoms with Crippen molar-refractivity contribution < 1.29 is 23.9 Å². The number of ether oxygens (including phenoxy) is 1. The Morgan fingerprint density at radius 3 is 2.35 bits per heavy atom. The first kappa shape index (κ1) is 26.2. The molecule has 1 aliphatic rings. The predicted octanol–water partition coefficient (Wildman–Crippen LogP) is 5.64. The largest absolute Gasteiger partial charge is 0.484 e. The van der Waals surface area contributed by atoms with Crippen molar-refractivity contribution in [2.45, 2.75) is 6.92 Å². The standard InChI is InChI=1S/C26H18Cl3N3O5/c1-14-2-6-17(12-21(14)28)32-25(35)19(24(34)31-26(32)36)10-15-3-7-18(8-4-15)37-13-23(33)30-16-5-9-20(27)22(29)11-16/h2-12H,13H2,1H3,(H,30,33)(H,31,34,36)/b19-10+. The number of carbonyl (C=O) groups excluding carboxylic acids is 4. The number of barbiturate groups is 1. The molecule has 0 unspecified atom stereocenters. The van der Waals surface area contributed by atoms with Crippen LogP contribution in [0.2, 0.25) is 15.1 Å². The highest BCUT2D eigenvalue weighted by Gasteiger charge is 2.36. The normalized spacial score (nSPS) is 14.5. The highest BCUT2D eigenvalue weighted by atomic mass is 35.5. The molecule has 1 aliphatic heterocycles. The van der Waals surface area contributed by atoms with Gasteiger partial charge in [0.2, 0.25) is 0 Å². The number of benzene rings is 3. The Kier molecular flexibility index (Phi) is 7.83. The molecular weight excluding hydrogens is 541 g/mol. The Labute approximate surface area is 226 Å². The number of nitrogens with one attached hydrogen (secondary N) is 2. The zero-order valence-electron chi connectivity index (χ0n) is 19.2. The van der Waals surface area contributed by atoms with Gasteiger partial charge in [-0.05, 0) is 66.6 Å². The lowest BCUT2D eigenvalue weighted by atomic mass is 10.1. The van der Waals surface area contributed by atoms with Gasteiger partial charge in [0.25, 0.3) is 17.7 Å². The van der Waals surface area contributed by atoms with Crippen molar-refractivity contribution in [2.75, 3.05) is 16.8 Å². The SMILES string of the molecule is Cc1ccc(N2C(=O)NC(=O)/C(=C\c3ccc(OCC(=O)Nc4ccc(Cl)c(Cl)c4)cc3)C2=O)cc1Cl. The third kappa shape index (κ3) is 6.11. The maximum Gasteiger partial charge on any atom is 0.335 e. The smallest absolute Gasteiger partial charge is 0.335 e. The summed E-state index contributed by atoms with van der Waals surface area (Å²) >= 11 is 17.9. The highest BCUT2D eigenvalue weighted by Crippen LogP contribution is 2.27. The molecule has 3 aromatic carbocycles. The monoisotopic (exact) mass is 557 g/mol. The third-order valence-electron chi connectivity index (χ3n) is 5.28. The molecular formula is C26H18Cl3N3O5. The van der Waals surface area contributed by atoms with E-state index < -0.39 is 23.8 Å². The summed E-state index contributed by atoms with van der Waals surface area (Å²) in [6, 6.07) is 14.9.